The first-order chi connectivity index (χ1) is 5.16. The molecule has 0 aliphatic carbocycles. The highest BCUT2D eigenvalue weighted by Gasteiger charge is 2.06. The molecule has 0 spiro atoms. The van der Waals surface area contributed by atoms with Gasteiger partial charge in [-0.3, -0.25) is 0 Å². The van der Waals surface area contributed by atoms with Crippen molar-refractivity contribution in [3.63, 3.8) is 0 Å². The van der Waals surface area contributed by atoms with Crippen LogP contribution in [0.1, 0.15) is 12.5 Å². The summed E-state index contributed by atoms with van der Waals surface area (Å²) in [6.07, 6.45) is 2.72. The highest BCUT2D eigenvalue weighted by molar-refractivity contribution is 14.1. The first-order valence-corrected chi connectivity index (χ1v) is 5.12. The van der Waals surface area contributed by atoms with E-state index < -0.39 is 0 Å². The molecule has 0 amide bonds. The van der Waals surface area contributed by atoms with Crippen LogP contribution in [0.3, 0.4) is 0 Å². The minimum atomic E-state index is 0.616. The minimum absolute atomic E-state index is 0.616. The number of nitrogen functional groups attached to an aromatic ring is 1. The zero-order valence-electron chi connectivity index (χ0n) is 6.06. The van der Waals surface area contributed by atoms with Crippen molar-refractivity contribution >= 4 is 44.3 Å². The zero-order chi connectivity index (χ0) is 8.43. The second-order valence-electron chi connectivity index (χ2n) is 2.14. The molecule has 60 valence electrons. The standard InChI is InChI=1S/C7H8BrIN2/c1-2-4-5(8)3-11-7(10)6(4)9/h3H,2H2,1H3,(H2,10,11). The van der Waals surface area contributed by atoms with Crippen LogP contribution in [0.5, 0.6) is 0 Å². The van der Waals surface area contributed by atoms with Gasteiger partial charge in [0.05, 0.1) is 3.57 Å². The van der Waals surface area contributed by atoms with Gasteiger partial charge in [0.2, 0.25) is 0 Å². The number of hydrogen-bond donors (Lipinski definition) is 1. The fraction of sp³-hybridized carbons (Fsp3) is 0.286. The van der Waals surface area contributed by atoms with E-state index in [0.717, 1.165) is 14.5 Å². The van der Waals surface area contributed by atoms with Gasteiger partial charge in [-0.15, -0.1) is 0 Å². The molecule has 0 bridgehead atoms. The number of hydrogen-bond acceptors (Lipinski definition) is 2. The Morgan fingerprint density at radius 1 is 1.73 bits per heavy atom. The SMILES string of the molecule is CCc1c(Br)cnc(N)c1I. The summed E-state index contributed by atoms with van der Waals surface area (Å²) in [5.41, 5.74) is 6.86. The second kappa shape index (κ2) is 3.71. The molecule has 0 saturated carbocycles. The summed E-state index contributed by atoms with van der Waals surface area (Å²) in [6.45, 7) is 2.10. The molecule has 0 aromatic carbocycles. The lowest BCUT2D eigenvalue weighted by Crippen LogP contribution is -1.98. The van der Waals surface area contributed by atoms with Crippen LogP contribution in [0.25, 0.3) is 0 Å². The zero-order valence-corrected chi connectivity index (χ0v) is 9.81. The summed E-state index contributed by atoms with van der Waals surface area (Å²) in [4.78, 5) is 4.01. The summed E-state index contributed by atoms with van der Waals surface area (Å²) >= 11 is 5.63. The first-order valence-electron chi connectivity index (χ1n) is 3.25. The quantitative estimate of drug-likeness (QED) is 0.806. The van der Waals surface area contributed by atoms with Crippen molar-refractivity contribution in [1.29, 1.82) is 0 Å². The number of pyridine rings is 1. The molecule has 2 N–H and O–H groups in total. The summed E-state index contributed by atoms with van der Waals surface area (Å²) in [5, 5.41) is 0. The third-order valence-electron chi connectivity index (χ3n) is 1.45. The summed E-state index contributed by atoms with van der Waals surface area (Å²) in [6, 6.07) is 0. The maximum Gasteiger partial charge on any atom is 0.137 e. The minimum Gasteiger partial charge on any atom is -0.383 e. The fourth-order valence-corrected chi connectivity index (χ4v) is 2.61. The van der Waals surface area contributed by atoms with E-state index in [9.17, 15) is 0 Å². The average molecular weight is 327 g/mol. The maximum atomic E-state index is 5.63. The summed E-state index contributed by atoms with van der Waals surface area (Å²) in [5.74, 6) is 0.616. The van der Waals surface area contributed by atoms with Gasteiger partial charge >= 0.3 is 0 Å². The van der Waals surface area contributed by atoms with Crippen LogP contribution in [0.15, 0.2) is 10.7 Å². The predicted molar refractivity (Wildman–Crippen MR) is 58.4 cm³/mol. The molecule has 4 heteroatoms. The molecule has 1 rings (SSSR count). The van der Waals surface area contributed by atoms with Crippen molar-refractivity contribution < 1.29 is 0 Å². The largest absolute Gasteiger partial charge is 0.383 e. The Morgan fingerprint density at radius 2 is 2.36 bits per heavy atom. The van der Waals surface area contributed by atoms with Crippen LogP contribution in [-0.2, 0) is 6.42 Å². The van der Waals surface area contributed by atoms with Crippen molar-refractivity contribution in [2.45, 2.75) is 13.3 Å². The van der Waals surface area contributed by atoms with Gasteiger partial charge in [0.25, 0.3) is 0 Å². The Hall–Kier alpha value is 0.160. The molecule has 0 saturated heterocycles. The number of halogens is 2. The average Bonchev–Trinajstić information content (AvgIpc) is 1.99. The fourth-order valence-electron chi connectivity index (χ4n) is 0.844. The number of anilines is 1. The highest BCUT2D eigenvalue weighted by Crippen LogP contribution is 2.25. The topological polar surface area (TPSA) is 38.9 Å². The van der Waals surface area contributed by atoms with Gasteiger partial charge in [-0.1, -0.05) is 6.92 Å². The van der Waals surface area contributed by atoms with Gasteiger partial charge in [-0.25, -0.2) is 4.98 Å². The normalized spacial score (nSPS) is 10.1. The molecule has 0 aliphatic heterocycles. The molecule has 0 fully saturated rings. The molecular formula is C7H8BrIN2. The van der Waals surface area contributed by atoms with Gasteiger partial charge in [-0.2, -0.15) is 0 Å². The van der Waals surface area contributed by atoms with E-state index in [1.165, 1.54) is 5.56 Å². The molecule has 0 radical (unpaired) electrons. The van der Waals surface area contributed by atoms with Crippen LogP contribution in [0.2, 0.25) is 0 Å². The highest BCUT2D eigenvalue weighted by atomic mass is 127. The number of nitrogens with two attached hydrogens (primary N) is 1. The number of nitrogens with zero attached hydrogens (tertiary/aromatic N) is 1. The molecule has 2 nitrogen and oxygen atoms in total. The van der Waals surface area contributed by atoms with Gasteiger partial charge in [0, 0.05) is 10.7 Å². The van der Waals surface area contributed by atoms with Crippen LogP contribution in [0, 0.1) is 3.57 Å². The Kier molecular flexibility index (Phi) is 3.12. The van der Waals surface area contributed by atoms with E-state index >= 15 is 0 Å². The second-order valence-corrected chi connectivity index (χ2v) is 4.07. The number of aromatic nitrogens is 1. The Balaban J connectivity index is 3.29. The molecule has 0 unspecified atom stereocenters. The molecular weight excluding hydrogens is 319 g/mol. The number of rotatable bonds is 1. The smallest absolute Gasteiger partial charge is 0.137 e. The Morgan fingerprint density at radius 3 is 2.82 bits per heavy atom. The summed E-state index contributed by atoms with van der Waals surface area (Å²) in [7, 11) is 0. The third kappa shape index (κ3) is 1.84. The van der Waals surface area contributed by atoms with E-state index in [0.29, 0.717) is 5.82 Å². The molecule has 0 aliphatic rings. The van der Waals surface area contributed by atoms with Crippen molar-refractivity contribution in [2.24, 2.45) is 0 Å². The van der Waals surface area contributed by atoms with E-state index in [2.05, 4.69) is 50.4 Å². The van der Waals surface area contributed by atoms with Gasteiger partial charge in [0.15, 0.2) is 0 Å². The maximum absolute atomic E-state index is 5.63. The lowest BCUT2D eigenvalue weighted by atomic mass is 10.2. The monoisotopic (exact) mass is 326 g/mol. The van der Waals surface area contributed by atoms with Crippen molar-refractivity contribution in [2.75, 3.05) is 5.73 Å². The van der Waals surface area contributed by atoms with Crippen LogP contribution in [-0.4, -0.2) is 4.98 Å². The lowest BCUT2D eigenvalue weighted by Gasteiger charge is -2.05. The molecule has 1 aromatic rings. The summed E-state index contributed by atoms with van der Waals surface area (Å²) < 4.78 is 2.10. The molecule has 1 aromatic heterocycles. The third-order valence-corrected chi connectivity index (χ3v) is 3.34. The Bertz CT molecular complexity index is 275. The van der Waals surface area contributed by atoms with Crippen molar-refractivity contribution in [3.05, 3.63) is 19.8 Å². The Labute approximate surface area is 87.9 Å². The van der Waals surface area contributed by atoms with E-state index in [1.54, 1.807) is 6.20 Å². The van der Waals surface area contributed by atoms with E-state index in [1.807, 2.05) is 0 Å². The van der Waals surface area contributed by atoms with E-state index in [-0.39, 0.29) is 0 Å². The van der Waals surface area contributed by atoms with E-state index in [4.69, 9.17) is 5.73 Å². The van der Waals surface area contributed by atoms with Gasteiger partial charge < -0.3 is 5.73 Å². The molecule has 11 heavy (non-hydrogen) atoms. The van der Waals surface area contributed by atoms with Crippen molar-refractivity contribution in [3.8, 4) is 0 Å². The van der Waals surface area contributed by atoms with Gasteiger partial charge in [0.1, 0.15) is 5.82 Å². The molecule has 1 heterocycles. The van der Waals surface area contributed by atoms with Crippen molar-refractivity contribution in [1.82, 2.24) is 4.98 Å². The molecule has 0 atom stereocenters. The van der Waals surface area contributed by atoms with Gasteiger partial charge in [-0.05, 0) is 50.5 Å². The lowest BCUT2D eigenvalue weighted by molar-refractivity contribution is 1.09. The van der Waals surface area contributed by atoms with Crippen LogP contribution >= 0.6 is 38.5 Å². The first kappa shape index (κ1) is 9.25. The van der Waals surface area contributed by atoms with Crippen LogP contribution < -0.4 is 5.73 Å². The van der Waals surface area contributed by atoms with Crippen LogP contribution in [0.4, 0.5) is 5.82 Å². The predicted octanol–water partition coefficient (Wildman–Crippen LogP) is 2.59.